The first-order chi connectivity index (χ1) is 19.3. The number of hydrogen-bond acceptors (Lipinski definition) is 6. The van der Waals surface area contributed by atoms with E-state index in [0.29, 0.717) is 48.1 Å². The first-order valence-corrected chi connectivity index (χ1v) is 14.3. The number of halogens is 3. The van der Waals surface area contributed by atoms with Gasteiger partial charge in [0.25, 0.3) is 5.92 Å². The molecule has 2 fully saturated rings. The van der Waals surface area contributed by atoms with E-state index < -0.39 is 34.8 Å². The number of aromatic nitrogens is 1. The summed E-state index contributed by atoms with van der Waals surface area (Å²) in [6, 6.07) is 7.78. The van der Waals surface area contributed by atoms with Gasteiger partial charge in [0.1, 0.15) is 5.82 Å². The molecular weight excluding hydrogens is 529 g/mol. The van der Waals surface area contributed by atoms with E-state index in [1.54, 1.807) is 13.8 Å². The molecule has 0 bridgehead atoms. The average molecular weight is 571 g/mol. The second kappa shape index (κ2) is 12.0. The Morgan fingerprint density at radius 1 is 1.24 bits per heavy atom. The number of aliphatic imine (C=N–C) groups is 1. The molecule has 2 aromatic rings. The topological polar surface area (TPSA) is 99.6 Å². The molecule has 2 heterocycles. The molecule has 3 N–H and O–H groups in total. The van der Waals surface area contributed by atoms with Gasteiger partial charge < -0.3 is 20.7 Å². The second-order valence-electron chi connectivity index (χ2n) is 11.9. The van der Waals surface area contributed by atoms with Crippen molar-refractivity contribution in [2.75, 3.05) is 20.2 Å². The Kier molecular flexibility index (Phi) is 9.00. The monoisotopic (exact) mass is 570 g/mol. The van der Waals surface area contributed by atoms with Crippen molar-refractivity contribution >= 4 is 11.7 Å². The number of pyridine rings is 1. The van der Waals surface area contributed by atoms with Gasteiger partial charge in [0, 0.05) is 54.3 Å². The molecule has 7 nitrogen and oxygen atoms in total. The molecule has 41 heavy (non-hydrogen) atoms. The minimum atomic E-state index is -3.27. The largest absolute Gasteiger partial charge is 0.481 e. The first-order valence-electron chi connectivity index (χ1n) is 14.3. The molecule has 222 valence electrons. The predicted octanol–water partition coefficient (Wildman–Crippen LogP) is 6.42. The van der Waals surface area contributed by atoms with E-state index in [2.05, 4.69) is 40.1 Å². The van der Waals surface area contributed by atoms with Crippen LogP contribution < -0.4 is 15.8 Å². The molecule has 1 saturated heterocycles. The van der Waals surface area contributed by atoms with Gasteiger partial charge in [-0.15, -0.1) is 0 Å². The van der Waals surface area contributed by atoms with Crippen molar-refractivity contribution in [2.24, 2.45) is 16.6 Å². The third kappa shape index (κ3) is 6.52. The number of alkyl halides is 2. The molecule has 0 radical (unpaired) electrons. The van der Waals surface area contributed by atoms with Gasteiger partial charge >= 0.3 is 0 Å². The van der Waals surface area contributed by atoms with E-state index in [4.69, 9.17) is 10.5 Å². The number of likely N-dealkylation sites (tertiary alicyclic amines) is 1. The third-order valence-corrected chi connectivity index (χ3v) is 8.39. The Labute approximate surface area is 241 Å². The molecule has 1 saturated carbocycles. The fraction of sp³-hybridized carbons (Fsp3) is 0.581. The van der Waals surface area contributed by atoms with Crippen molar-refractivity contribution in [3.8, 4) is 11.9 Å². The zero-order valence-electron chi connectivity index (χ0n) is 24.8. The van der Waals surface area contributed by atoms with Gasteiger partial charge in [-0.1, -0.05) is 18.2 Å². The Morgan fingerprint density at radius 2 is 1.90 bits per heavy atom. The lowest BCUT2D eigenvalue weighted by molar-refractivity contribution is -0.0347. The molecule has 2 aliphatic rings. The smallest absolute Gasteiger partial charge is 0.276 e. The van der Waals surface area contributed by atoms with Gasteiger partial charge in [-0.2, -0.15) is 10.2 Å². The van der Waals surface area contributed by atoms with E-state index in [9.17, 15) is 5.26 Å². The third-order valence-electron chi connectivity index (χ3n) is 8.39. The van der Waals surface area contributed by atoms with Crippen LogP contribution in [0, 0.1) is 23.1 Å². The van der Waals surface area contributed by atoms with E-state index in [-0.39, 0.29) is 23.7 Å². The summed E-state index contributed by atoms with van der Waals surface area (Å²) in [5.41, 5.74) is 6.10. The Morgan fingerprint density at radius 3 is 2.46 bits per heavy atom. The Hall–Kier alpha value is -3.16. The summed E-state index contributed by atoms with van der Waals surface area (Å²) < 4.78 is 51.7. The second-order valence-corrected chi connectivity index (χ2v) is 11.9. The Balaban J connectivity index is 1.55. The minimum absolute atomic E-state index is 0.154. The first kappa shape index (κ1) is 30.8. The molecular formula is C31H41F3N6O. The van der Waals surface area contributed by atoms with Crippen molar-refractivity contribution in [1.29, 1.82) is 5.26 Å². The summed E-state index contributed by atoms with van der Waals surface area (Å²) in [5.74, 6) is -3.03. The Bertz CT molecular complexity index is 1320. The number of hydrogen-bond donors (Lipinski definition) is 2. The van der Waals surface area contributed by atoms with Crippen molar-refractivity contribution in [3.05, 3.63) is 52.3 Å². The summed E-state index contributed by atoms with van der Waals surface area (Å²) in [6.07, 6.45) is 1.36. The fourth-order valence-electron chi connectivity index (χ4n) is 5.60. The number of nitriles is 1. The van der Waals surface area contributed by atoms with Crippen LogP contribution in [0.1, 0.15) is 94.6 Å². The molecule has 4 rings (SSSR count). The lowest BCUT2D eigenvalue weighted by Crippen LogP contribution is -2.50. The number of benzene rings is 1. The lowest BCUT2D eigenvalue weighted by Gasteiger charge is -2.42. The lowest BCUT2D eigenvalue weighted by atomic mass is 9.89. The molecule has 1 aromatic heterocycles. The maximum absolute atomic E-state index is 15.7. The van der Waals surface area contributed by atoms with Gasteiger partial charge in [0.05, 0.1) is 30.0 Å². The van der Waals surface area contributed by atoms with Crippen LogP contribution in [0.3, 0.4) is 0 Å². The fourth-order valence-corrected chi connectivity index (χ4v) is 5.60. The molecule has 1 aromatic carbocycles. The zero-order chi connectivity index (χ0) is 30.1. The van der Waals surface area contributed by atoms with Crippen LogP contribution in [0.25, 0.3) is 0 Å². The van der Waals surface area contributed by atoms with Gasteiger partial charge in [0.2, 0.25) is 5.88 Å². The normalized spacial score (nSPS) is 19.0. The van der Waals surface area contributed by atoms with Gasteiger partial charge in [-0.25, -0.2) is 18.2 Å². The number of ether oxygens (including phenoxy) is 1. The zero-order valence-corrected chi connectivity index (χ0v) is 24.8. The average Bonchev–Trinajstić information content (AvgIpc) is 3.68. The maximum Gasteiger partial charge on any atom is 0.276 e. The summed E-state index contributed by atoms with van der Waals surface area (Å²) in [6.45, 7) is 11.0. The molecule has 1 unspecified atom stereocenters. The summed E-state index contributed by atoms with van der Waals surface area (Å²) >= 11 is 0. The van der Waals surface area contributed by atoms with Crippen molar-refractivity contribution in [3.63, 3.8) is 0 Å². The maximum atomic E-state index is 15.7. The SMILES string of the molecule is COc1nc(N=C(C)N)c(C(C)N[C@H](C)c2cccc(C(F)(F)CCC3CN(C(C)C)C3)c2F)cc1C1(C#N)CC1. The van der Waals surface area contributed by atoms with Gasteiger partial charge in [-0.3, -0.25) is 0 Å². The van der Waals surface area contributed by atoms with E-state index >= 15 is 13.2 Å². The molecule has 1 aliphatic heterocycles. The van der Waals surface area contributed by atoms with E-state index in [0.717, 1.165) is 13.1 Å². The molecule has 10 heteroatoms. The molecule has 1 aliphatic carbocycles. The van der Waals surface area contributed by atoms with Crippen molar-refractivity contribution in [2.45, 2.75) is 89.8 Å². The van der Waals surface area contributed by atoms with E-state index in [1.165, 1.54) is 25.3 Å². The van der Waals surface area contributed by atoms with Gasteiger partial charge in [-0.05, 0) is 65.9 Å². The number of nitrogens with zero attached hydrogens (tertiary/aromatic N) is 4. The molecule has 0 spiro atoms. The quantitative estimate of drug-likeness (QED) is 0.226. The summed E-state index contributed by atoms with van der Waals surface area (Å²) in [7, 11) is 1.49. The van der Waals surface area contributed by atoms with Crippen LogP contribution >= 0.6 is 0 Å². The summed E-state index contributed by atoms with van der Waals surface area (Å²) in [5, 5.41) is 13.1. The van der Waals surface area contributed by atoms with Crippen LogP contribution in [-0.4, -0.2) is 42.0 Å². The van der Waals surface area contributed by atoms with Crippen molar-refractivity contribution in [1.82, 2.24) is 15.2 Å². The van der Waals surface area contributed by atoms with Crippen LogP contribution in [0.2, 0.25) is 0 Å². The summed E-state index contributed by atoms with van der Waals surface area (Å²) in [4.78, 5) is 11.2. The number of nitrogens with two attached hydrogens (primary N) is 1. The number of methoxy groups -OCH3 is 1. The highest BCUT2D eigenvalue weighted by Gasteiger charge is 2.48. The van der Waals surface area contributed by atoms with Gasteiger partial charge in [0.15, 0.2) is 5.82 Å². The highest BCUT2D eigenvalue weighted by atomic mass is 19.3. The highest BCUT2D eigenvalue weighted by molar-refractivity contribution is 5.80. The van der Waals surface area contributed by atoms with Crippen LogP contribution in [-0.2, 0) is 11.3 Å². The predicted molar refractivity (Wildman–Crippen MR) is 154 cm³/mol. The number of amidine groups is 1. The molecule has 0 amide bonds. The van der Waals surface area contributed by atoms with E-state index in [1.807, 2.05) is 13.0 Å². The van der Waals surface area contributed by atoms with Crippen molar-refractivity contribution < 1.29 is 17.9 Å². The van der Waals surface area contributed by atoms with Crippen LogP contribution in [0.4, 0.5) is 19.0 Å². The highest BCUT2D eigenvalue weighted by Crippen LogP contribution is 2.51. The standard InChI is InChI=1S/C31H41F3N6O/c1-18(2)40-15-22(16-40)10-11-31(33,34)25-9-7-8-23(27(25)32)19(3)37-20(4)24-14-26(30(17-35)12-13-30)29(41-6)39-28(24)38-21(5)36/h7-9,14,18-20,22,37H,10-13,15-16H2,1-6H3,(H2,36,38,39)/t19-,20?/m1/s1. The molecule has 2 atom stereocenters. The number of nitrogens with one attached hydrogen (secondary N) is 1. The van der Waals surface area contributed by atoms with Crippen LogP contribution in [0.15, 0.2) is 29.3 Å². The number of rotatable bonds is 12. The minimum Gasteiger partial charge on any atom is -0.481 e. The van der Waals surface area contributed by atoms with Crippen LogP contribution in [0.5, 0.6) is 5.88 Å².